The minimum absolute atomic E-state index is 0.0259. The maximum atomic E-state index is 12.5. The lowest BCUT2D eigenvalue weighted by molar-refractivity contribution is -0.683. The molecule has 138 valence electrons. The summed E-state index contributed by atoms with van der Waals surface area (Å²) in [5.41, 5.74) is 2.34. The molecular weight excluding hydrogens is 354 g/mol. The number of aryl methyl sites for hydroxylation is 1. The first-order valence-corrected chi connectivity index (χ1v) is 8.87. The molecule has 0 aliphatic heterocycles. The number of fused-ring (bicyclic) bond motifs is 1. The van der Waals surface area contributed by atoms with Crippen LogP contribution in [-0.2, 0) is 6.54 Å². The lowest BCUT2D eigenvalue weighted by atomic mass is 9.99. The molecule has 0 aliphatic rings. The average molecular weight is 372 g/mol. The molecule has 4 aromatic rings. The van der Waals surface area contributed by atoms with E-state index in [-0.39, 0.29) is 12.3 Å². The van der Waals surface area contributed by atoms with Gasteiger partial charge in [-0.3, -0.25) is 4.79 Å². The van der Waals surface area contributed by atoms with Crippen molar-refractivity contribution in [1.82, 2.24) is 0 Å². The number of aromatic hydroxyl groups is 1. The minimum atomic E-state index is -0.787. The normalized spacial score (nSPS) is 10.9. The number of para-hydroxylation sites is 1. The van der Waals surface area contributed by atoms with Crippen LogP contribution in [0.2, 0.25) is 0 Å². The number of pyridine rings is 1. The first-order chi connectivity index (χ1) is 13.5. The highest BCUT2D eigenvalue weighted by Gasteiger charge is 2.17. The van der Waals surface area contributed by atoms with E-state index in [4.69, 9.17) is 4.42 Å². The van der Waals surface area contributed by atoms with E-state index in [1.807, 2.05) is 42.1 Å². The summed E-state index contributed by atoms with van der Waals surface area (Å²) in [5.74, 6) is -0.463. The van der Waals surface area contributed by atoms with Crippen LogP contribution < -0.4 is 10.2 Å². The monoisotopic (exact) mass is 372 g/mol. The van der Waals surface area contributed by atoms with Crippen molar-refractivity contribution >= 4 is 16.8 Å². The number of aromatic nitrogens is 1. The number of hydrogen-bond donors (Lipinski definition) is 1. The van der Waals surface area contributed by atoms with Crippen molar-refractivity contribution in [2.45, 2.75) is 13.5 Å². The molecule has 0 amide bonds. The molecule has 0 spiro atoms. The van der Waals surface area contributed by atoms with Gasteiger partial charge in [-0.15, -0.1) is 0 Å². The highest BCUT2D eigenvalue weighted by Crippen LogP contribution is 2.33. The van der Waals surface area contributed by atoms with Crippen molar-refractivity contribution in [3.8, 4) is 16.9 Å². The van der Waals surface area contributed by atoms with E-state index in [1.54, 1.807) is 42.5 Å². The molecule has 1 N–H and O–H groups in total. The van der Waals surface area contributed by atoms with Gasteiger partial charge in [0, 0.05) is 28.6 Å². The second-order valence-corrected chi connectivity index (χ2v) is 6.66. The second-order valence-electron chi connectivity index (χ2n) is 6.66. The highest BCUT2D eigenvalue weighted by molar-refractivity contribution is 5.98. The zero-order valence-electron chi connectivity index (χ0n) is 15.3. The Morgan fingerprint density at radius 1 is 1.00 bits per heavy atom. The zero-order chi connectivity index (χ0) is 19.7. The molecule has 2 aromatic carbocycles. The van der Waals surface area contributed by atoms with Gasteiger partial charge in [0.25, 0.3) is 0 Å². The Hall–Kier alpha value is -3.73. The van der Waals surface area contributed by atoms with E-state index in [2.05, 4.69) is 0 Å². The van der Waals surface area contributed by atoms with Crippen LogP contribution in [0, 0.1) is 6.92 Å². The van der Waals surface area contributed by atoms with Gasteiger partial charge in [0.05, 0.1) is 0 Å². The van der Waals surface area contributed by atoms with E-state index in [0.717, 1.165) is 5.56 Å². The topological polar surface area (TPSA) is 71.4 Å². The van der Waals surface area contributed by atoms with Crippen molar-refractivity contribution in [3.05, 3.63) is 94.6 Å². The summed E-state index contributed by atoms with van der Waals surface area (Å²) in [6, 6.07) is 17.8. The summed E-state index contributed by atoms with van der Waals surface area (Å²) < 4.78 is 6.95. The van der Waals surface area contributed by atoms with Crippen LogP contribution in [0.3, 0.4) is 0 Å². The summed E-state index contributed by atoms with van der Waals surface area (Å²) in [6.07, 6.45) is 3.74. The van der Waals surface area contributed by atoms with Crippen LogP contribution in [0.4, 0.5) is 0 Å². The van der Waals surface area contributed by atoms with Gasteiger partial charge in [-0.05, 0) is 24.1 Å². The molecule has 0 atom stereocenters. The molecule has 0 radical (unpaired) electrons. The summed E-state index contributed by atoms with van der Waals surface area (Å²) in [4.78, 5) is 24.5. The third kappa shape index (κ3) is 3.30. The van der Waals surface area contributed by atoms with Crippen molar-refractivity contribution in [3.63, 3.8) is 0 Å². The molecule has 2 heterocycles. The zero-order valence-corrected chi connectivity index (χ0v) is 15.3. The van der Waals surface area contributed by atoms with Gasteiger partial charge in [-0.1, -0.05) is 42.5 Å². The fourth-order valence-corrected chi connectivity index (χ4v) is 3.15. The number of ketones is 1. The molecule has 0 saturated heterocycles. The Balaban J connectivity index is 1.68. The smallest absolute Gasteiger partial charge is 0.379 e. The molecule has 0 saturated carbocycles. The number of nitrogens with zero attached hydrogens (tertiary/aromatic N) is 1. The van der Waals surface area contributed by atoms with Gasteiger partial charge in [-0.2, -0.15) is 4.57 Å². The fraction of sp³-hybridized carbons (Fsp3) is 0.0870. The molecule has 0 unspecified atom stereocenters. The van der Waals surface area contributed by atoms with Crippen molar-refractivity contribution in [1.29, 1.82) is 0 Å². The Morgan fingerprint density at radius 2 is 1.68 bits per heavy atom. The molecule has 0 aliphatic carbocycles. The van der Waals surface area contributed by atoms with Gasteiger partial charge in [0.15, 0.2) is 12.4 Å². The lowest BCUT2D eigenvalue weighted by Crippen LogP contribution is -2.37. The van der Waals surface area contributed by atoms with Crippen LogP contribution in [0.25, 0.3) is 22.1 Å². The molecule has 5 nitrogen and oxygen atoms in total. The molecule has 28 heavy (non-hydrogen) atoms. The van der Waals surface area contributed by atoms with Gasteiger partial charge in [-0.25, -0.2) is 4.79 Å². The number of carbonyl (C=O) groups excluding carboxylic acids is 1. The predicted octanol–water partition coefficient (Wildman–Crippen LogP) is 3.64. The molecular formula is C23H18NO4+. The summed E-state index contributed by atoms with van der Waals surface area (Å²) in [6.45, 7) is 2.23. The number of carbonyl (C=O) groups is 1. The van der Waals surface area contributed by atoms with Crippen LogP contribution in [0.1, 0.15) is 15.9 Å². The number of Topliss-reactive ketones (excluding diaryl/α,β-unsaturated/α-hetero) is 1. The van der Waals surface area contributed by atoms with E-state index >= 15 is 0 Å². The van der Waals surface area contributed by atoms with E-state index in [0.29, 0.717) is 27.7 Å². The molecule has 5 heteroatoms. The van der Waals surface area contributed by atoms with Crippen molar-refractivity contribution in [2.24, 2.45) is 0 Å². The summed E-state index contributed by atoms with van der Waals surface area (Å²) >= 11 is 0. The second kappa shape index (κ2) is 7.12. The third-order valence-corrected chi connectivity index (χ3v) is 4.67. The Bertz CT molecular complexity index is 1220. The van der Waals surface area contributed by atoms with Gasteiger partial charge >= 0.3 is 5.63 Å². The highest BCUT2D eigenvalue weighted by atomic mass is 16.4. The van der Waals surface area contributed by atoms with Crippen LogP contribution in [-0.4, -0.2) is 10.9 Å². The van der Waals surface area contributed by atoms with Gasteiger partial charge in [0.1, 0.15) is 5.58 Å². The summed E-state index contributed by atoms with van der Waals surface area (Å²) in [5, 5.41) is 10.9. The fourth-order valence-electron chi connectivity index (χ4n) is 3.15. The first kappa shape index (κ1) is 17.7. The maximum Gasteiger partial charge on any atom is 0.379 e. The average Bonchev–Trinajstić information content (AvgIpc) is 2.71. The largest absolute Gasteiger partial charge is 0.501 e. The number of benzene rings is 2. The Kier molecular flexibility index (Phi) is 4.49. The molecule has 2 aromatic heterocycles. The number of hydrogen-bond acceptors (Lipinski definition) is 4. The SMILES string of the molecule is Cc1cc[n+](CC(=O)c2ccc(-c3c(O)c(=O)oc4ccccc34)cc2)cc1. The Morgan fingerprint density at radius 3 is 2.39 bits per heavy atom. The summed E-state index contributed by atoms with van der Waals surface area (Å²) in [7, 11) is 0. The van der Waals surface area contributed by atoms with Crippen molar-refractivity contribution in [2.75, 3.05) is 0 Å². The van der Waals surface area contributed by atoms with E-state index in [1.165, 1.54) is 0 Å². The standard InChI is InChI=1S/C23H17NO4/c1-15-10-12-24(13-11-15)14-19(25)16-6-8-17(9-7-16)21-18-4-2-3-5-20(18)28-23(27)22(21)26/h2-13H,14H2,1H3/p+1. The van der Waals surface area contributed by atoms with Crippen LogP contribution in [0.15, 0.2) is 82.3 Å². The minimum Gasteiger partial charge on any atom is -0.501 e. The molecule has 0 fully saturated rings. The first-order valence-electron chi connectivity index (χ1n) is 8.87. The predicted molar refractivity (Wildman–Crippen MR) is 105 cm³/mol. The molecule has 0 bridgehead atoms. The van der Waals surface area contributed by atoms with Gasteiger partial charge in [0.2, 0.25) is 18.1 Å². The Labute approximate surface area is 161 Å². The lowest BCUT2D eigenvalue weighted by Gasteiger charge is -2.08. The van der Waals surface area contributed by atoms with Crippen molar-refractivity contribution < 1.29 is 18.9 Å². The third-order valence-electron chi connectivity index (χ3n) is 4.67. The van der Waals surface area contributed by atoms with E-state index in [9.17, 15) is 14.7 Å². The van der Waals surface area contributed by atoms with Gasteiger partial charge < -0.3 is 9.52 Å². The van der Waals surface area contributed by atoms with Crippen LogP contribution >= 0.6 is 0 Å². The van der Waals surface area contributed by atoms with Crippen LogP contribution in [0.5, 0.6) is 5.75 Å². The van der Waals surface area contributed by atoms with E-state index < -0.39 is 11.4 Å². The maximum absolute atomic E-state index is 12.5. The molecule has 4 rings (SSSR count). The number of rotatable bonds is 4. The quantitative estimate of drug-likeness (QED) is 0.337.